The molecule has 0 aliphatic rings. The van der Waals surface area contributed by atoms with Gasteiger partial charge < -0.3 is 16.6 Å². The Hall–Kier alpha value is -0.770. The van der Waals surface area contributed by atoms with Crippen molar-refractivity contribution in [1.82, 2.24) is 0 Å². The Kier molecular flexibility index (Phi) is 2.92. The predicted molar refractivity (Wildman–Crippen MR) is 49.9 cm³/mol. The predicted octanol–water partition coefficient (Wildman–Crippen LogP) is 0.914. The third kappa shape index (κ3) is 1.69. The van der Waals surface area contributed by atoms with Gasteiger partial charge in [-0.05, 0) is 11.6 Å². The first-order valence-corrected chi connectivity index (χ1v) is 3.95. The van der Waals surface area contributed by atoms with E-state index in [1.807, 2.05) is 0 Å². The molecule has 0 amide bonds. The van der Waals surface area contributed by atoms with Crippen molar-refractivity contribution in [2.45, 2.75) is 6.04 Å². The van der Waals surface area contributed by atoms with Crippen molar-refractivity contribution < 1.29 is 5.11 Å². The molecule has 1 atom stereocenters. The zero-order valence-corrected chi connectivity index (χ0v) is 7.25. The average Bonchev–Trinajstić information content (AvgIpc) is 2.08. The minimum atomic E-state index is -0.455. The molecule has 0 aliphatic carbocycles. The molecule has 66 valence electrons. The summed E-state index contributed by atoms with van der Waals surface area (Å²) in [5.41, 5.74) is 12.3. The molecule has 12 heavy (non-hydrogen) atoms. The van der Waals surface area contributed by atoms with Gasteiger partial charge in [0.05, 0.1) is 23.4 Å². The van der Waals surface area contributed by atoms with Gasteiger partial charge in [0.15, 0.2) is 0 Å². The minimum Gasteiger partial charge on any atom is -0.397 e. The number of aliphatic hydroxyl groups excluding tert-OH is 1. The van der Waals surface area contributed by atoms with Crippen LogP contribution in [0.5, 0.6) is 0 Å². The Morgan fingerprint density at radius 2 is 2.17 bits per heavy atom. The zero-order chi connectivity index (χ0) is 9.14. The number of hydrogen-bond donors (Lipinski definition) is 3. The Balaban J connectivity index is 3.07. The van der Waals surface area contributed by atoms with Gasteiger partial charge in [-0.25, -0.2) is 0 Å². The van der Waals surface area contributed by atoms with E-state index in [-0.39, 0.29) is 6.61 Å². The monoisotopic (exact) mass is 186 g/mol. The molecule has 0 heterocycles. The maximum atomic E-state index is 8.78. The lowest BCUT2D eigenvalue weighted by atomic mass is 10.1. The fourth-order valence-electron chi connectivity index (χ4n) is 0.975. The van der Waals surface area contributed by atoms with Crippen LogP contribution in [0.3, 0.4) is 0 Å². The fraction of sp³-hybridized carbons (Fsp3) is 0.250. The van der Waals surface area contributed by atoms with Crippen LogP contribution in [0.25, 0.3) is 0 Å². The van der Waals surface area contributed by atoms with E-state index in [0.717, 1.165) is 0 Å². The molecule has 0 saturated carbocycles. The van der Waals surface area contributed by atoms with Crippen LogP contribution < -0.4 is 11.5 Å². The Labute approximate surface area is 75.9 Å². The van der Waals surface area contributed by atoms with Crippen LogP contribution in [-0.2, 0) is 0 Å². The standard InChI is InChI=1S/C8H11ClN2O/c9-6-3-1-2-5(8(6)11)7(10)4-12/h1-3,7,12H,4,10-11H2. The lowest BCUT2D eigenvalue weighted by molar-refractivity contribution is 0.268. The molecule has 1 aromatic carbocycles. The van der Waals surface area contributed by atoms with Gasteiger partial charge in [0, 0.05) is 0 Å². The number of nitrogen functional groups attached to an aromatic ring is 1. The minimum absolute atomic E-state index is 0.134. The molecule has 3 nitrogen and oxygen atoms in total. The van der Waals surface area contributed by atoms with Crippen LogP contribution in [0.15, 0.2) is 18.2 Å². The second-order valence-corrected chi connectivity index (χ2v) is 2.94. The van der Waals surface area contributed by atoms with E-state index in [1.54, 1.807) is 18.2 Å². The summed E-state index contributed by atoms with van der Waals surface area (Å²) >= 11 is 5.75. The van der Waals surface area contributed by atoms with Crippen LogP contribution in [0.4, 0.5) is 5.69 Å². The summed E-state index contributed by atoms with van der Waals surface area (Å²) in [6.07, 6.45) is 0. The van der Waals surface area contributed by atoms with Gasteiger partial charge >= 0.3 is 0 Å². The SMILES string of the molecule is Nc1c(Cl)cccc1C(N)CO. The maximum Gasteiger partial charge on any atom is 0.0638 e. The number of aliphatic hydroxyl groups is 1. The molecular weight excluding hydrogens is 176 g/mol. The largest absolute Gasteiger partial charge is 0.397 e. The Morgan fingerprint density at radius 3 is 2.75 bits per heavy atom. The molecule has 5 N–H and O–H groups in total. The first-order chi connectivity index (χ1) is 5.66. The van der Waals surface area contributed by atoms with Crippen molar-refractivity contribution >= 4 is 17.3 Å². The Morgan fingerprint density at radius 1 is 1.50 bits per heavy atom. The van der Waals surface area contributed by atoms with E-state index < -0.39 is 6.04 Å². The quantitative estimate of drug-likeness (QED) is 0.602. The van der Waals surface area contributed by atoms with Gasteiger partial charge in [-0.3, -0.25) is 0 Å². The molecule has 1 aromatic rings. The van der Waals surface area contributed by atoms with Crippen LogP contribution in [0, 0.1) is 0 Å². The second-order valence-electron chi connectivity index (χ2n) is 2.53. The van der Waals surface area contributed by atoms with E-state index in [1.165, 1.54) is 0 Å². The maximum absolute atomic E-state index is 8.78. The van der Waals surface area contributed by atoms with Gasteiger partial charge in [0.2, 0.25) is 0 Å². The molecule has 0 aliphatic heterocycles. The number of nitrogens with two attached hydrogens (primary N) is 2. The van der Waals surface area contributed by atoms with E-state index >= 15 is 0 Å². The van der Waals surface area contributed by atoms with E-state index in [0.29, 0.717) is 16.3 Å². The summed E-state index contributed by atoms with van der Waals surface area (Å²) in [5, 5.41) is 9.25. The van der Waals surface area contributed by atoms with Crippen molar-refractivity contribution in [1.29, 1.82) is 0 Å². The summed E-state index contributed by atoms with van der Waals surface area (Å²) in [6, 6.07) is 4.74. The topological polar surface area (TPSA) is 72.3 Å². The molecule has 0 bridgehead atoms. The van der Waals surface area contributed by atoms with Gasteiger partial charge in [-0.15, -0.1) is 0 Å². The lowest BCUT2D eigenvalue weighted by Crippen LogP contribution is -2.16. The van der Waals surface area contributed by atoms with Crippen molar-refractivity contribution in [3.05, 3.63) is 28.8 Å². The zero-order valence-electron chi connectivity index (χ0n) is 6.50. The molecule has 1 rings (SSSR count). The third-order valence-electron chi connectivity index (χ3n) is 1.68. The highest BCUT2D eigenvalue weighted by Gasteiger charge is 2.09. The van der Waals surface area contributed by atoms with E-state index in [2.05, 4.69) is 0 Å². The lowest BCUT2D eigenvalue weighted by Gasteiger charge is -2.11. The molecule has 0 radical (unpaired) electrons. The normalized spacial score (nSPS) is 12.9. The smallest absolute Gasteiger partial charge is 0.0638 e. The highest BCUT2D eigenvalue weighted by atomic mass is 35.5. The number of anilines is 1. The first-order valence-electron chi connectivity index (χ1n) is 3.57. The van der Waals surface area contributed by atoms with Gasteiger partial charge in [0.1, 0.15) is 0 Å². The van der Waals surface area contributed by atoms with Crippen LogP contribution in [0.2, 0.25) is 5.02 Å². The summed E-state index contributed by atoms with van der Waals surface area (Å²) in [6.45, 7) is -0.134. The number of para-hydroxylation sites is 1. The van der Waals surface area contributed by atoms with E-state index in [9.17, 15) is 0 Å². The molecule has 0 aromatic heterocycles. The van der Waals surface area contributed by atoms with Crippen molar-refractivity contribution in [3.63, 3.8) is 0 Å². The van der Waals surface area contributed by atoms with Gasteiger partial charge in [0.25, 0.3) is 0 Å². The van der Waals surface area contributed by atoms with Crippen LogP contribution in [-0.4, -0.2) is 11.7 Å². The number of halogens is 1. The average molecular weight is 187 g/mol. The van der Waals surface area contributed by atoms with Crippen LogP contribution in [0.1, 0.15) is 11.6 Å². The van der Waals surface area contributed by atoms with Crippen molar-refractivity contribution in [3.8, 4) is 0 Å². The van der Waals surface area contributed by atoms with Gasteiger partial charge in [-0.1, -0.05) is 23.7 Å². The summed E-state index contributed by atoms with van der Waals surface area (Å²) in [4.78, 5) is 0. The molecule has 1 unspecified atom stereocenters. The van der Waals surface area contributed by atoms with E-state index in [4.69, 9.17) is 28.2 Å². The highest BCUT2D eigenvalue weighted by molar-refractivity contribution is 6.33. The second kappa shape index (κ2) is 3.76. The third-order valence-corrected chi connectivity index (χ3v) is 2.01. The molecule has 0 saturated heterocycles. The molecule has 0 fully saturated rings. The number of rotatable bonds is 2. The number of benzene rings is 1. The Bertz CT molecular complexity index is 278. The van der Waals surface area contributed by atoms with Crippen molar-refractivity contribution in [2.75, 3.05) is 12.3 Å². The number of hydrogen-bond acceptors (Lipinski definition) is 3. The highest BCUT2D eigenvalue weighted by Crippen LogP contribution is 2.25. The summed E-state index contributed by atoms with van der Waals surface area (Å²) in [5.74, 6) is 0. The molecular formula is C8H11ClN2O. The molecule has 0 spiro atoms. The fourth-order valence-corrected chi connectivity index (χ4v) is 1.16. The summed E-state index contributed by atoms with van der Waals surface area (Å²) < 4.78 is 0. The van der Waals surface area contributed by atoms with Crippen LogP contribution >= 0.6 is 11.6 Å². The summed E-state index contributed by atoms with van der Waals surface area (Å²) in [7, 11) is 0. The first kappa shape index (κ1) is 9.32. The van der Waals surface area contributed by atoms with Gasteiger partial charge in [-0.2, -0.15) is 0 Å². The molecule has 4 heteroatoms. The van der Waals surface area contributed by atoms with Crippen molar-refractivity contribution in [2.24, 2.45) is 5.73 Å².